The minimum atomic E-state index is -1.35. The van der Waals surface area contributed by atoms with E-state index >= 15 is 0 Å². The highest BCUT2D eigenvalue weighted by atomic mass is 19.1. The van der Waals surface area contributed by atoms with Crippen molar-refractivity contribution in [2.24, 2.45) is 5.92 Å². The molecular weight excluding hydrogens is 324 g/mol. The van der Waals surface area contributed by atoms with Crippen molar-refractivity contribution < 1.29 is 23.6 Å². The molecule has 0 radical (unpaired) electrons. The fraction of sp³-hybridized carbons (Fsp3) is 0.350. The van der Waals surface area contributed by atoms with Gasteiger partial charge in [-0.25, -0.2) is 8.78 Å². The van der Waals surface area contributed by atoms with E-state index in [1.807, 2.05) is 6.92 Å². The summed E-state index contributed by atoms with van der Waals surface area (Å²) in [5, 5.41) is 11.4. The van der Waals surface area contributed by atoms with E-state index in [0.29, 0.717) is 24.1 Å². The van der Waals surface area contributed by atoms with E-state index < -0.39 is 17.3 Å². The number of carbonyl (C=O) groups excluding carboxylic acids is 1. The Bertz CT molecular complexity index is 745. The molecule has 1 heterocycles. The molecule has 3 atom stereocenters. The quantitative estimate of drug-likeness (QED) is 0.831. The molecule has 132 valence electrons. The minimum absolute atomic E-state index is 0.211. The van der Waals surface area contributed by atoms with Crippen molar-refractivity contribution in [1.82, 2.24) is 0 Å². The number of ketones is 1. The van der Waals surface area contributed by atoms with Crippen LogP contribution < -0.4 is 4.90 Å². The molecule has 1 unspecified atom stereocenters. The number of halogens is 2. The highest BCUT2D eigenvalue weighted by molar-refractivity contribution is 5.98. The van der Waals surface area contributed by atoms with Crippen LogP contribution in [0.3, 0.4) is 0 Å². The van der Waals surface area contributed by atoms with Crippen LogP contribution in [-0.2, 0) is 5.60 Å². The topological polar surface area (TPSA) is 41.7 Å². The van der Waals surface area contributed by atoms with Gasteiger partial charge in [0.15, 0.2) is 5.78 Å². The number of aliphatic hydroxyl groups is 1. The minimum Gasteiger partial charge on any atom is -0.384 e. The summed E-state index contributed by atoms with van der Waals surface area (Å²) < 4.78 is 26.4. The zero-order chi connectivity index (χ0) is 18.0. The van der Waals surface area contributed by atoms with E-state index in [9.17, 15) is 18.7 Å². The van der Waals surface area contributed by atoms with Crippen molar-refractivity contribution in [3.05, 3.63) is 71.3 Å². The van der Waals surface area contributed by atoms with Crippen molar-refractivity contribution in [3.8, 4) is 0 Å². The van der Waals surface area contributed by atoms with Crippen LogP contribution in [0, 0.1) is 17.6 Å². The Labute approximate surface area is 145 Å². The number of quaternary nitrogens is 1. The Morgan fingerprint density at radius 3 is 2.24 bits per heavy atom. The van der Waals surface area contributed by atoms with Gasteiger partial charge in [0, 0.05) is 12.0 Å². The summed E-state index contributed by atoms with van der Waals surface area (Å²) in [6, 6.07) is 11.1. The molecule has 2 N–H and O–H groups in total. The van der Waals surface area contributed by atoms with Gasteiger partial charge in [-0.1, -0.05) is 12.1 Å². The van der Waals surface area contributed by atoms with Crippen molar-refractivity contribution in [2.75, 3.05) is 19.6 Å². The van der Waals surface area contributed by atoms with Crippen LogP contribution in [0.1, 0.15) is 29.3 Å². The van der Waals surface area contributed by atoms with E-state index in [0.717, 1.165) is 13.1 Å². The van der Waals surface area contributed by atoms with Gasteiger partial charge in [0.2, 0.25) is 0 Å². The summed E-state index contributed by atoms with van der Waals surface area (Å²) in [5.74, 6) is -1.66. The fourth-order valence-corrected chi connectivity index (χ4v) is 3.63. The number of piperidine rings is 1. The van der Waals surface area contributed by atoms with E-state index in [-0.39, 0.29) is 11.6 Å². The number of benzene rings is 2. The Balaban J connectivity index is 1.98. The van der Waals surface area contributed by atoms with Gasteiger partial charge >= 0.3 is 0 Å². The van der Waals surface area contributed by atoms with Gasteiger partial charge in [0.25, 0.3) is 0 Å². The average Bonchev–Trinajstić information content (AvgIpc) is 2.62. The molecule has 1 aliphatic heterocycles. The number of nitrogens with one attached hydrogen (secondary N) is 1. The van der Waals surface area contributed by atoms with Gasteiger partial charge in [-0.15, -0.1) is 0 Å². The fourth-order valence-electron chi connectivity index (χ4n) is 3.63. The van der Waals surface area contributed by atoms with Crippen LogP contribution in [-0.4, -0.2) is 30.5 Å². The normalized spacial score (nSPS) is 26.4. The Morgan fingerprint density at radius 1 is 1.12 bits per heavy atom. The molecule has 1 fully saturated rings. The maximum atomic E-state index is 13.3. The monoisotopic (exact) mass is 346 g/mol. The van der Waals surface area contributed by atoms with Crippen LogP contribution in [0.15, 0.2) is 48.5 Å². The van der Waals surface area contributed by atoms with Crippen LogP contribution in [0.4, 0.5) is 8.78 Å². The Hall–Kier alpha value is -2.11. The lowest BCUT2D eigenvalue weighted by Gasteiger charge is -2.41. The number of hydrogen-bond acceptors (Lipinski definition) is 2. The first kappa shape index (κ1) is 17.7. The molecule has 0 saturated carbocycles. The molecule has 1 saturated heterocycles. The summed E-state index contributed by atoms with van der Waals surface area (Å²) in [6.45, 7) is 4.11. The molecule has 3 rings (SSSR count). The van der Waals surface area contributed by atoms with Gasteiger partial charge in [0.05, 0.1) is 19.6 Å². The molecule has 0 amide bonds. The molecule has 2 aromatic rings. The van der Waals surface area contributed by atoms with E-state index in [2.05, 4.69) is 0 Å². The molecule has 0 aliphatic carbocycles. The molecule has 25 heavy (non-hydrogen) atoms. The molecule has 5 heteroatoms. The second kappa shape index (κ2) is 7.02. The number of rotatable bonds is 4. The molecular formula is C20H22F2NO2+. The predicted octanol–water partition coefficient (Wildman–Crippen LogP) is 1.96. The summed E-state index contributed by atoms with van der Waals surface area (Å²) in [6.07, 6.45) is 0.416. The van der Waals surface area contributed by atoms with Gasteiger partial charge in [-0.05, 0) is 48.9 Å². The first-order valence-electron chi connectivity index (χ1n) is 8.56. The zero-order valence-electron chi connectivity index (χ0n) is 14.1. The van der Waals surface area contributed by atoms with E-state index in [1.165, 1.54) is 53.4 Å². The first-order chi connectivity index (χ1) is 11.9. The summed E-state index contributed by atoms with van der Waals surface area (Å²) in [7, 11) is 0. The molecule has 2 aromatic carbocycles. The standard InChI is InChI=1S/C20H21F2NO2/c1-2-23-12-11-20(25,15-5-9-17(22)10-6-15)18(13-23)19(24)14-3-7-16(21)8-4-14/h3-10,18,25H,2,11-13H2,1H3/p+1/t18-,20+/m1/s1. The number of likely N-dealkylation sites (tertiary alicyclic amines) is 1. The average molecular weight is 346 g/mol. The molecule has 1 aliphatic rings. The first-order valence-corrected chi connectivity index (χ1v) is 8.56. The van der Waals surface area contributed by atoms with Gasteiger partial charge in [-0.2, -0.15) is 0 Å². The van der Waals surface area contributed by atoms with Crippen LogP contribution >= 0.6 is 0 Å². The van der Waals surface area contributed by atoms with Crippen molar-refractivity contribution >= 4 is 5.78 Å². The van der Waals surface area contributed by atoms with Crippen LogP contribution in [0.2, 0.25) is 0 Å². The second-order valence-electron chi connectivity index (χ2n) is 6.66. The smallest absolute Gasteiger partial charge is 0.174 e. The third-order valence-corrected chi connectivity index (χ3v) is 5.22. The predicted molar refractivity (Wildman–Crippen MR) is 90.4 cm³/mol. The summed E-state index contributed by atoms with van der Waals surface area (Å²) in [4.78, 5) is 14.3. The lowest BCUT2D eigenvalue weighted by Crippen LogP contribution is -3.14. The second-order valence-corrected chi connectivity index (χ2v) is 6.66. The SMILES string of the molecule is CC[NH+]1CC[C@](O)(c2ccc(F)cc2)[C@@H](C(=O)c2ccc(F)cc2)C1. The number of Topliss-reactive ketones (excluding diaryl/α,β-unsaturated/α-hetero) is 1. The molecule has 0 aromatic heterocycles. The zero-order valence-corrected chi connectivity index (χ0v) is 14.1. The third kappa shape index (κ3) is 3.48. The van der Waals surface area contributed by atoms with E-state index in [1.54, 1.807) is 0 Å². The van der Waals surface area contributed by atoms with Crippen LogP contribution in [0.5, 0.6) is 0 Å². The third-order valence-electron chi connectivity index (χ3n) is 5.22. The highest BCUT2D eigenvalue weighted by Crippen LogP contribution is 2.36. The summed E-state index contributed by atoms with van der Waals surface area (Å²) in [5.41, 5.74) is -0.425. The largest absolute Gasteiger partial charge is 0.384 e. The van der Waals surface area contributed by atoms with Crippen LogP contribution in [0.25, 0.3) is 0 Å². The van der Waals surface area contributed by atoms with Crippen molar-refractivity contribution in [1.29, 1.82) is 0 Å². The van der Waals surface area contributed by atoms with Gasteiger partial charge in [0.1, 0.15) is 23.2 Å². The Morgan fingerprint density at radius 2 is 1.68 bits per heavy atom. The lowest BCUT2D eigenvalue weighted by molar-refractivity contribution is -0.908. The number of hydrogen-bond donors (Lipinski definition) is 2. The van der Waals surface area contributed by atoms with E-state index in [4.69, 9.17) is 0 Å². The Kier molecular flexibility index (Phi) is 4.97. The summed E-state index contributed by atoms with van der Waals surface area (Å²) >= 11 is 0. The lowest BCUT2D eigenvalue weighted by atomic mass is 9.72. The maximum absolute atomic E-state index is 13.3. The highest BCUT2D eigenvalue weighted by Gasteiger charge is 2.48. The molecule has 3 nitrogen and oxygen atoms in total. The molecule has 0 spiro atoms. The van der Waals surface area contributed by atoms with Gasteiger partial charge < -0.3 is 10.0 Å². The maximum Gasteiger partial charge on any atom is 0.174 e. The molecule has 0 bridgehead atoms. The van der Waals surface area contributed by atoms with Gasteiger partial charge in [-0.3, -0.25) is 4.79 Å². The number of carbonyl (C=O) groups is 1. The van der Waals surface area contributed by atoms with Crippen molar-refractivity contribution in [2.45, 2.75) is 18.9 Å². The van der Waals surface area contributed by atoms with Crippen molar-refractivity contribution in [3.63, 3.8) is 0 Å².